The fourth-order valence-electron chi connectivity index (χ4n) is 2.29. The summed E-state index contributed by atoms with van der Waals surface area (Å²) in [6.45, 7) is 0.726. The molecule has 1 aliphatic carbocycles. The van der Waals surface area contributed by atoms with Crippen LogP contribution < -0.4 is 5.32 Å². The Hall–Kier alpha value is -1.13. The van der Waals surface area contributed by atoms with Gasteiger partial charge in [0.15, 0.2) is 0 Å². The van der Waals surface area contributed by atoms with Gasteiger partial charge in [0.2, 0.25) is 0 Å². The lowest BCUT2D eigenvalue weighted by Crippen LogP contribution is -2.31. The van der Waals surface area contributed by atoms with Crippen LogP contribution in [0.1, 0.15) is 28.8 Å². The smallest absolute Gasteiger partial charge is 0.252 e. The molecule has 1 aliphatic rings. The van der Waals surface area contributed by atoms with Crippen LogP contribution in [0, 0.1) is 0 Å². The molecule has 1 amide bonds. The Morgan fingerprint density at radius 3 is 2.63 bits per heavy atom. The van der Waals surface area contributed by atoms with Gasteiger partial charge in [-0.3, -0.25) is 4.79 Å². The number of carbonyl (C=O) groups is 1. The Bertz CT molecular complexity index is 589. The molecule has 0 radical (unpaired) electrons. The van der Waals surface area contributed by atoms with Crippen molar-refractivity contribution in [2.24, 2.45) is 0 Å². The molecule has 98 valence electrons. The topological polar surface area (TPSA) is 29.1 Å². The minimum Gasteiger partial charge on any atom is -0.351 e. The van der Waals surface area contributed by atoms with Crippen molar-refractivity contribution < 1.29 is 4.79 Å². The Kier molecular flexibility index (Phi) is 3.46. The summed E-state index contributed by atoms with van der Waals surface area (Å²) in [5.74, 6) is 0.0177. The molecule has 0 spiro atoms. The first-order valence-electron chi connectivity index (χ1n) is 6.27. The maximum atomic E-state index is 12.0. The summed E-state index contributed by atoms with van der Waals surface area (Å²) < 4.78 is 0.988. The fraction of sp³-hybridized carbons (Fsp3) is 0.267. The highest BCUT2D eigenvalue weighted by molar-refractivity contribution is 9.11. The molecule has 0 unspecified atom stereocenters. The number of thiophene rings is 1. The van der Waals surface area contributed by atoms with Crippen LogP contribution in [0.25, 0.3) is 0 Å². The van der Waals surface area contributed by atoms with Gasteiger partial charge in [-0.05, 0) is 40.4 Å². The highest BCUT2D eigenvalue weighted by atomic mass is 79.9. The summed E-state index contributed by atoms with van der Waals surface area (Å²) in [5, 5.41) is 4.94. The molecule has 0 aliphatic heterocycles. The highest BCUT2D eigenvalue weighted by Gasteiger charge is 2.44. The van der Waals surface area contributed by atoms with Crippen LogP contribution in [-0.2, 0) is 5.41 Å². The second-order valence-corrected chi connectivity index (χ2v) is 7.26. The molecular formula is C15H14BrNOS. The van der Waals surface area contributed by atoms with Gasteiger partial charge in [0.25, 0.3) is 5.91 Å². The lowest BCUT2D eigenvalue weighted by molar-refractivity contribution is 0.0950. The van der Waals surface area contributed by atoms with Crippen LogP contribution in [0.3, 0.4) is 0 Å². The van der Waals surface area contributed by atoms with Gasteiger partial charge in [-0.25, -0.2) is 0 Å². The van der Waals surface area contributed by atoms with Crippen LogP contribution in [0.5, 0.6) is 0 Å². The van der Waals surface area contributed by atoms with E-state index in [0.717, 1.165) is 28.7 Å². The molecule has 0 atom stereocenters. The lowest BCUT2D eigenvalue weighted by atomic mass is 9.96. The minimum atomic E-state index is 0.0177. The van der Waals surface area contributed by atoms with E-state index < -0.39 is 0 Å². The molecule has 1 fully saturated rings. The van der Waals surface area contributed by atoms with Crippen LogP contribution in [0.4, 0.5) is 0 Å². The summed E-state index contributed by atoms with van der Waals surface area (Å²) >= 11 is 4.91. The van der Waals surface area contributed by atoms with Crippen molar-refractivity contribution in [3.63, 3.8) is 0 Å². The number of carbonyl (C=O) groups excluding carboxylic acids is 1. The molecule has 19 heavy (non-hydrogen) atoms. The molecule has 1 heterocycles. The Morgan fingerprint density at radius 1 is 1.32 bits per heavy atom. The van der Waals surface area contributed by atoms with E-state index in [1.807, 2.05) is 17.5 Å². The maximum Gasteiger partial charge on any atom is 0.252 e. The first-order valence-corrected chi connectivity index (χ1v) is 7.95. The van der Waals surface area contributed by atoms with Crippen molar-refractivity contribution in [3.8, 4) is 0 Å². The number of nitrogens with one attached hydrogen (secondary N) is 1. The number of halogens is 1. The number of rotatable bonds is 4. The molecule has 2 nitrogen and oxygen atoms in total. The lowest BCUT2D eigenvalue weighted by Gasteiger charge is -2.16. The number of hydrogen-bond donors (Lipinski definition) is 1. The molecule has 1 aromatic heterocycles. The van der Waals surface area contributed by atoms with E-state index in [0.29, 0.717) is 0 Å². The normalized spacial score (nSPS) is 16.1. The Morgan fingerprint density at radius 2 is 2.05 bits per heavy atom. The summed E-state index contributed by atoms with van der Waals surface area (Å²) in [7, 11) is 0. The van der Waals surface area contributed by atoms with E-state index in [1.165, 1.54) is 16.9 Å². The van der Waals surface area contributed by atoms with Crippen LogP contribution in [0.15, 0.2) is 45.6 Å². The van der Waals surface area contributed by atoms with Crippen molar-refractivity contribution in [3.05, 3.63) is 56.7 Å². The van der Waals surface area contributed by atoms with Gasteiger partial charge in [0.05, 0.1) is 9.35 Å². The van der Waals surface area contributed by atoms with Crippen molar-refractivity contribution >= 4 is 33.2 Å². The first kappa shape index (κ1) is 12.9. The van der Waals surface area contributed by atoms with Crippen molar-refractivity contribution in [2.75, 3.05) is 6.54 Å². The van der Waals surface area contributed by atoms with Gasteiger partial charge in [-0.1, -0.05) is 30.3 Å². The zero-order valence-electron chi connectivity index (χ0n) is 10.4. The summed E-state index contributed by atoms with van der Waals surface area (Å²) in [6, 6.07) is 12.3. The van der Waals surface area contributed by atoms with Gasteiger partial charge < -0.3 is 5.32 Å². The molecule has 0 saturated heterocycles. The molecule has 2 aromatic rings. The number of hydrogen-bond acceptors (Lipinski definition) is 2. The second kappa shape index (κ2) is 5.10. The van der Waals surface area contributed by atoms with E-state index in [4.69, 9.17) is 0 Å². The van der Waals surface area contributed by atoms with E-state index in [1.54, 1.807) is 0 Å². The molecule has 0 bridgehead atoms. The average molecular weight is 336 g/mol. The summed E-state index contributed by atoms with van der Waals surface area (Å²) in [4.78, 5) is 12.0. The maximum absolute atomic E-state index is 12.0. The van der Waals surface area contributed by atoms with Crippen molar-refractivity contribution in [1.29, 1.82) is 0 Å². The third-order valence-corrected chi connectivity index (χ3v) is 5.16. The van der Waals surface area contributed by atoms with Crippen molar-refractivity contribution in [1.82, 2.24) is 5.32 Å². The molecular weight excluding hydrogens is 322 g/mol. The molecule has 1 N–H and O–H groups in total. The molecule has 1 aromatic carbocycles. The van der Waals surface area contributed by atoms with E-state index in [-0.39, 0.29) is 11.3 Å². The zero-order valence-corrected chi connectivity index (χ0v) is 12.8. The van der Waals surface area contributed by atoms with Gasteiger partial charge in [0.1, 0.15) is 0 Å². The van der Waals surface area contributed by atoms with Gasteiger partial charge in [-0.2, -0.15) is 0 Å². The third kappa shape index (κ3) is 2.74. The Balaban J connectivity index is 1.65. The molecule has 1 saturated carbocycles. The molecule has 4 heteroatoms. The molecule has 3 rings (SSSR count). The first-order chi connectivity index (χ1) is 9.20. The fourth-order valence-corrected chi connectivity index (χ4v) is 3.43. The minimum absolute atomic E-state index is 0.0177. The van der Waals surface area contributed by atoms with Gasteiger partial charge >= 0.3 is 0 Å². The van der Waals surface area contributed by atoms with E-state index >= 15 is 0 Å². The Labute approximate surface area is 125 Å². The van der Waals surface area contributed by atoms with Crippen LogP contribution in [-0.4, -0.2) is 12.5 Å². The van der Waals surface area contributed by atoms with Crippen molar-refractivity contribution in [2.45, 2.75) is 18.3 Å². The standard InChI is InChI=1S/C15H14BrNOS/c16-13-8-11(9-19-13)14(18)17-10-15(6-7-15)12-4-2-1-3-5-12/h1-5,8-9H,6-7,10H2,(H,17,18). The van der Waals surface area contributed by atoms with Gasteiger partial charge in [0, 0.05) is 17.3 Å². The van der Waals surface area contributed by atoms with Crippen LogP contribution in [0.2, 0.25) is 0 Å². The van der Waals surface area contributed by atoms with E-state index in [2.05, 4.69) is 45.5 Å². The predicted octanol–water partition coefficient (Wildman–Crippen LogP) is 3.97. The highest BCUT2D eigenvalue weighted by Crippen LogP contribution is 2.47. The predicted molar refractivity (Wildman–Crippen MR) is 81.7 cm³/mol. The number of amides is 1. The second-order valence-electron chi connectivity index (χ2n) is 4.97. The SMILES string of the molecule is O=C(NCC1(c2ccccc2)CC1)c1csc(Br)c1. The monoisotopic (exact) mass is 335 g/mol. The zero-order chi connectivity index (χ0) is 13.3. The number of benzene rings is 1. The quantitative estimate of drug-likeness (QED) is 0.899. The average Bonchev–Trinajstić information content (AvgIpc) is 3.12. The van der Waals surface area contributed by atoms with E-state index in [9.17, 15) is 4.79 Å². The van der Waals surface area contributed by atoms with Gasteiger partial charge in [-0.15, -0.1) is 11.3 Å². The van der Waals surface area contributed by atoms with Crippen LogP contribution >= 0.6 is 27.3 Å². The summed E-state index contributed by atoms with van der Waals surface area (Å²) in [6.07, 6.45) is 2.31. The third-order valence-electron chi connectivity index (χ3n) is 3.66. The largest absolute Gasteiger partial charge is 0.351 e. The summed E-state index contributed by atoms with van der Waals surface area (Å²) in [5.41, 5.74) is 2.24.